The minimum absolute atomic E-state index is 0.150. The van der Waals surface area contributed by atoms with Crippen LogP contribution in [0, 0.1) is 0 Å². The molecule has 0 aromatic heterocycles. The van der Waals surface area contributed by atoms with Crippen LogP contribution in [0.2, 0.25) is 23.2 Å². The van der Waals surface area contributed by atoms with Gasteiger partial charge in [0.1, 0.15) is 0 Å². The van der Waals surface area contributed by atoms with Crippen molar-refractivity contribution in [3.63, 3.8) is 0 Å². The molecule has 0 fully saturated rings. The molecule has 1 rings (SSSR count). The quantitative estimate of drug-likeness (QED) is 0.518. The Hall–Kier alpha value is -0.733. The summed E-state index contributed by atoms with van der Waals surface area (Å²) in [5, 5.41) is 0.953. The molecule has 1 aromatic carbocycles. The number of rotatable bonds is 5. The Balaban J connectivity index is 2.86. The van der Waals surface area contributed by atoms with Crippen LogP contribution in [0.4, 0.5) is 0 Å². The molecule has 3 heteroatoms. The Kier molecular flexibility index (Phi) is 5.06. The third kappa shape index (κ3) is 3.89. The van der Waals surface area contributed by atoms with Crippen molar-refractivity contribution in [2.75, 3.05) is 0 Å². The smallest absolute Gasteiger partial charge is 0.250 e. The molecule has 0 radical (unpaired) electrons. The van der Waals surface area contributed by atoms with Gasteiger partial charge in [-0.15, -0.1) is 0 Å². The standard InChI is InChI=1S/C15H23ClOSi/c1-6-10-17-18(4,5)15(2,3)12-13-8-7-9-14(16)11-13/h6-11H,12H2,1-5H3/b10-6-. The monoisotopic (exact) mass is 282 g/mol. The summed E-state index contributed by atoms with van der Waals surface area (Å²) in [6, 6.07) is 8.10. The minimum atomic E-state index is -1.78. The summed E-state index contributed by atoms with van der Waals surface area (Å²) in [4.78, 5) is 0. The highest BCUT2D eigenvalue weighted by Crippen LogP contribution is 2.41. The minimum Gasteiger partial charge on any atom is -0.549 e. The van der Waals surface area contributed by atoms with Crippen LogP contribution >= 0.6 is 11.6 Å². The van der Waals surface area contributed by atoms with Gasteiger partial charge in [0.05, 0.1) is 6.26 Å². The van der Waals surface area contributed by atoms with E-state index in [0.717, 1.165) is 11.4 Å². The van der Waals surface area contributed by atoms with E-state index < -0.39 is 8.32 Å². The number of benzene rings is 1. The molecule has 0 unspecified atom stereocenters. The van der Waals surface area contributed by atoms with Gasteiger partial charge in [-0.2, -0.15) is 0 Å². The predicted octanol–water partition coefficient (Wildman–Crippen LogP) is 5.42. The second-order valence-electron chi connectivity index (χ2n) is 5.79. The molecule has 0 aliphatic rings. The molecule has 18 heavy (non-hydrogen) atoms. The van der Waals surface area contributed by atoms with E-state index in [1.165, 1.54) is 5.56 Å². The van der Waals surface area contributed by atoms with Gasteiger partial charge in [-0.05, 0) is 49.2 Å². The van der Waals surface area contributed by atoms with Gasteiger partial charge in [0.25, 0.3) is 0 Å². The second kappa shape index (κ2) is 5.94. The molecular formula is C15H23ClOSi. The molecule has 100 valence electrons. The molecule has 0 aliphatic carbocycles. The van der Waals surface area contributed by atoms with Gasteiger partial charge in [0.15, 0.2) is 0 Å². The summed E-state index contributed by atoms with van der Waals surface area (Å²) in [7, 11) is -1.78. The summed E-state index contributed by atoms with van der Waals surface area (Å²) in [5.41, 5.74) is 1.28. The maximum atomic E-state index is 6.04. The van der Waals surface area contributed by atoms with Crippen LogP contribution in [-0.4, -0.2) is 8.32 Å². The highest BCUT2D eigenvalue weighted by molar-refractivity contribution is 6.74. The lowest BCUT2D eigenvalue weighted by molar-refractivity contribution is 0.417. The van der Waals surface area contributed by atoms with Gasteiger partial charge < -0.3 is 4.43 Å². The van der Waals surface area contributed by atoms with Gasteiger partial charge in [-0.1, -0.05) is 43.7 Å². The van der Waals surface area contributed by atoms with Crippen LogP contribution in [0.25, 0.3) is 0 Å². The molecule has 0 bridgehead atoms. The fourth-order valence-corrected chi connectivity index (χ4v) is 3.41. The Morgan fingerprint density at radius 3 is 2.56 bits per heavy atom. The summed E-state index contributed by atoms with van der Waals surface area (Å²) in [6.07, 6.45) is 4.76. The van der Waals surface area contributed by atoms with Gasteiger partial charge in [-0.3, -0.25) is 0 Å². The fourth-order valence-electron chi connectivity index (χ4n) is 1.77. The van der Waals surface area contributed by atoms with E-state index in [1.807, 2.05) is 37.5 Å². The number of hydrogen-bond acceptors (Lipinski definition) is 1. The van der Waals surface area contributed by atoms with Gasteiger partial charge in [0.2, 0.25) is 8.32 Å². The third-order valence-electron chi connectivity index (χ3n) is 3.66. The van der Waals surface area contributed by atoms with Crippen LogP contribution in [0.5, 0.6) is 0 Å². The molecule has 0 atom stereocenters. The molecular weight excluding hydrogens is 260 g/mol. The summed E-state index contributed by atoms with van der Waals surface area (Å²) < 4.78 is 5.97. The second-order valence-corrected chi connectivity index (χ2v) is 10.8. The van der Waals surface area contributed by atoms with Crippen LogP contribution in [0.1, 0.15) is 26.3 Å². The van der Waals surface area contributed by atoms with Crippen molar-refractivity contribution in [2.24, 2.45) is 0 Å². The Morgan fingerprint density at radius 1 is 1.33 bits per heavy atom. The number of hydrogen-bond donors (Lipinski definition) is 0. The maximum absolute atomic E-state index is 6.04. The Morgan fingerprint density at radius 2 is 2.00 bits per heavy atom. The highest BCUT2D eigenvalue weighted by atomic mass is 35.5. The van der Waals surface area contributed by atoms with Gasteiger partial charge >= 0.3 is 0 Å². The first-order valence-corrected chi connectivity index (χ1v) is 9.60. The molecule has 0 saturated heterocycles. The van der Waals surface area contributed by atoms with Gasteiger partial charge in [0, 0.05) is 5.02 Å². The molecule has 1 nitrogen and oxygen atoms in total. The predicted molar refractivity (Wildman–Crippen MR) is 82.6 cm³/mol. The van der Waals surface area contributed by atoms with Gasteiger partial charge in [-0.25, -0.2) is 0 Å². The Bertz CT molecular complexity index is 424. The summed E-state index contributed by atoms with van der Waals surface area (Å²) in [5.74, 6) is 0. The van der Waals surface area contributed by atoms with Crippen LogP contribution in [0.3, 0.4) is 0 Å². The lowest BCUT2D eigenvalue weighted by Crippen LogP contribution is -2.42. The van der Waals surface area contributed by atoms with E-state index in [-0.39, 0.29) is 5.04 Å². The van der Waals surface area contributed by atoms with Crippen molar-refractivity contribution in [3.05, 3.63) is 47.2 Å². The first kappa shape index (κ1) is 15.3. The van der Waals surface area contributed by atoms with Crippen molar-refractivity contribution in [2.45, 2.75) is 45.3 Å². The first-order valence-electron chi connectivity index (χ1n) is 6.32. The van der Waals surface area contributed by atoms with Crippen molar-refractivity contribution in [1.82, 2.24) is 0 Å². The summed E-state index contributed by atoms with van der Waals surface area (Å²) in [6.45, 7) is 11.1. The lowest BCUT2D eigenvalue weighted by atomic mass is 10.0. The van der Waals surface area contributed by atoms with E-state index in [1.54, 1.807) is 0 Å². The Labute approximate surface area is 117 Å². The van der Waals surface area contributed by atoms with Crippen molar-refractivity contribution in [1.29, 1.82) is 0 Å². The maximum Gasteiger partial charge on any atom is 0.250 e. The van der Waals surface area contributed by atoms with E-state index in [4.69, 9.17) is 16.0 Å². The molecule has 1 aromatic rings. The largest absolute Gasteiger partial charge is 0.549 e. The topological polar surface area (TPSA) is 9.23 Å². The van der Waals surface area contributed by atoms with E-state index in [9.17, 15) is 0 Å². The van der Waals surface area contributed by atoms with Crippen LogP contribution in [0.15, 0.2) is 36.6 Å². The van der Waals surface area contributed by atoms with Crippen molar-refractivity contribution in [3.8, 4) is 0 Å². The zero-order valence-corrected chi connectivity index (χ0v) is 13.7. The molecule has 0 spiro atoms. The lowest BCUT2D eigenvalue weighted by Gasteiger charge is -2.38. The average molecular weight is 283 g/mol. The zero-order valence-electron chi connectivity index (χ0n) is 12.0. The average Bonchev–Trinajstić information content (AvgIpc) is 2.25. The molecule has 0 amide bonds. The van der Waals surface area contributed by atoms with E-state index in [0.29, 0.717) is 0 Å². The molecule has 0 heterocycles. The molecule has 0 aliphatic heterocycles. The highest BCUT2D eigenvalue weighted by Gasteiger charge is 2.41. The SMILES string of the molecule is C/C=C\O[Si](C)(C)C(C)(C)Cc1cccc(Cl)c1. The van der Waals surface area contributed by atoms with Crippen molar-refractivity contribution >= 4 is 19.9 Å². The fraction of sp³-hybridized carbons (Fsp3) is 0.467. The number of halogens is 1. The number of allylic oxidation sites excluding steroid dienone is 1. The van der Waals surface area contributed by atoms with Crippen LogP contribution < -0.4 is 0 Å². The van der Waals surface area contributed by atoms with E-state index in [2.05, 4.69) is 33.0 Å². The first-order chi connectivity index (χ1) is 8.28. The molecule has 0 saturated carbocycles. The van der Waals surface area contributed by atoms with Crippen LogP contribution in [-0.2, 0) is 10.8 Å². The normalized spacial score (nSPS) is 13.0. The van der Waals surface area contributed by atoms with Crippen molar-refractivity contribution < 1.29 is 4.43 Å². The van der Waals surface area contributed by atoms with E-state index >= 15 is 0 Å². The molecule has 0 N–H and O–H groups in total. The zero-order chi connectivity index (χ0) is 13.8. The summed E-state index contributed by atoms with van der Waals surface area (Å²) >= 11 is 6.04. The third-order valence-corrected chi connectivity index (χ3v) is 8.06.